The number of nitrogens with one attached hydrogen (secondary N) is 4. The molecule has 616 valence electrons. The van der Waals surface area contributed by atoms with Crippen molar-refractivity contribution in [3.63, 3.8) is 0 Å². The van der Waals surface area contributed by atoms with E-state index in [9.17, 15) is 38.0 Å². The summed E-state index contributed by atoms with van der Waals surface area (Å²) in [6, 6.07) is 64.5. The minimum absolute atomic E-state index is 0.0175. The van der Waals surface area contributed by atoms with E-state index in [1.807, 2.05) is 116 Å². The van der Waals surface area contributed by atoms with Gasteiger partial charge < -0.3 is 26.4 Å². The number of Topliss-reactive ketones (excluding diaryl/α,β-unsaturated/α-hetero) is 7. The first-order valence-corrected chi connectivity index (χ1v) is 43.1. The van der Waals surface area contributed by atoms with Crippen LogP contribution in [0.2, 0.25) is 0 Å². The molecule has 0 bridgehead atoms. The average Bonchev–Trinajstić information content (AvgIpc) is 1.48. The molecule has 0 amide bonds. The third-order valence-electron chi connectivity index (χ3n) is 26.0. The second kappa shape index (κ2) is 43.3. The van der Waals surface area contributed by atoms with E-state index in [1.165, 1.54) is 67.3 Å². The minimum Gasteiger partial charge on any atom is -0.383 e. The number of methoxy groups -OCH3 is 1. The van der Waals surface area contributed by atoms with Crippen LogP contribution in [0.25, 0.3) is 0 Å². The van der Waals surface area contributed by atoms with Crippen LogP contribution in [-0.4, -0.2) is 118 Å². The minimum atomic E-state index is -2.32. The van der Waals surface area contributed by atoms with Crippen LogP contribution in [0.3, 0.4) is 0 Å². The number of ether oxygens (including phenoxy) is 1. The van der Waals surface area contributed by atoms with Gasteiger partial charge in [-0.1, -0.05) is 239 Å². The summed E-state index contributed by atoms with van der Waals surface area (Å²) >= 11 is 0. The average molecular weight is 1570 g/mol. The number of halogens is 1. The van der Waals surface area contributed by atoms with Gasteiger partial charge in [0, 0.05) is 62.7 Å². The fourth-order valence-electron chi connectivity index (χ4n) is 19.4. The number of hydrogen-bond donors (Lipinski definition) is 5. The smallest absolute Gasteiger partial charge is 0.157 e. The van der Waals surface area contributed by atoms with E-state index < -0.39 is 34.7 Å². The largest absolute Gasteiger partial charge is 0.383 e. The summed E-state index contributed by atoms with van der Waals surface area (Å²) in [5.74, 6) is 1.60. The quantitative estimate of drug-likeness (QED) is 0.0570. The van der Waals surface area contributed by atoms with E-state index in [1.54, 1.807) is 20.2 Å². The third kappa shape index (κ3) is 21.1. The number of likely N-dealkylation sites (N-methyl/N-ethyl adjacent to an activating group) is 3. The molecule has 9 fully saturated rings. The molecule has 0 spiro atoms. The summed E-state index contributed by atoms with van der Waals surface area (Å²) in [6.07, 6.45) is 29.9. The fourth-order valence-corrected chi connectivity index (χ4v) is 19.4. The molecule has 7 saturated carbocycles. The van der Waals surface area contributed by atoms with Crippen LogP contribution in [0.4, 0.5) is 4.39 Å². The fraction of sp³-hybridized carbons (Fsp3) is 0.505. The van der Waals surface area contributed by atoms with Crippen molar-refractivity contribution in [3.05, 3.63) is 251 Å². The van der Waals surface area contributed by atoms with Crippen molar-refractivity contribution in [2.45, 2.75) is 251 Å². The van der Waals surface area contributed by atoms with Gasteiger partial charge in [0.2, 0.25) is 0 Å². The van der Waals surface area contributed by atoms with Crippen LogP contribution in [0.1, 0.15) is 254 Å². The van der Waals surface area contributed by atoms with E-state index in [4.69, 9.17) is 14.6 Å². The highest BCUT2D eigenvalue weighted by atomic mass is 19.1. The van der Waals surface area contributed by atoms with Gasteiger partial charge in [0.25, 0.3) is 0 Å². The second-order valence-corrected chi connectivity index (χ2v) is 32.9. The van der Waals surface area contributed by atoms with Gasteiger partial charge in [-0.2, -0.15) is 0 Å². The highest BCUT2D eigenvalue weighted by Gasteiger charge is 2.50. The number of rotatable bonds is 16. The Bertz CT molecular complexity index is 4260. The number of carbonyl (C=O) groups excluding carboxylic acids is 7. The molecular weight excluding hydrogens is 1430 g/mol. The molecule has 115 heavy (non-hydrogen) atoms. The standard InChI is InChI=1S/2C16H21NO.C15H21NO2.C14H19NO.C13H16FNO.C13H17NO.C12H15NO/c2*18-15-10-4-5-11-16(15,17-12-6-7-13-17)14-8-2-1-3-9-14;1-18-12-11-16-15(10-6-5-9-14(15)17)13-7-3-2-4-8-13;1-11-6-8-12(9-7-11)14(15-2)10-4-3-5-13(14)16;1-15-13(8-3-2-7-12(13)16)10-5-4-6-11(14)9-10;1-14-13(10-6-5-9-12(13)15)11-7-3-2-4-8-11;13-12(9-5-4-8-11(12)14)10-6-2-1-3-7-10/h2*1-3,8-9H,4-7,10-13H2;2-4,7-8,16H,5-6,9-12H2,1H3;6-9,15H,3-5,10H2,1-2H3;4-6,9,15H,2-3,7-8H2,1H3;2-4,7-8,14H,5-6,9-10H2,1H3;1-3,6-7H,4-5,8-9,13H2/t2*16-;15-;14-;2*13-;12-/m1000010/s1/i;;;;;1D3;. The van der Waals surface area contributed by atoms with Crippen LogP contribution >= 0.6 is 0 Å². The maximum atomic E-state index is 13.2. The van der Waals surface area contributed by atoms with Crippen LogP contribution < -0.4 is 27.0 Å². The highest BCUT2D eigenvalue weighted by Crippen LogP contribution is 2.45. The van der Waals surface area contributed by atoms with E-state index >= 15 is 0 Å². The van der Waals surface area contributed by atoms with E-state index in [2.05, 4.69) is 111 Å². The van der Waals surface area contributed by atoms with Crippen molar-refractivity contribution in [2.75, 3.05) is 67.5 Å². The summed E-state index contributed by atoms with van der Waals surface area (Å²) < 4.78 is 40.5. The number of aryl methyl sites for hydroxylation is 1. The lowest BCUT2D eigenvalue weighted by Crippen LogP contribution is -2.52. The Morgan fingerprint density at radius 1 is 0.357 bits per heavy atom. The molecule has 16 rings (SSSR count). The van der Waals surface area contributed by atoms with Gasteiger partial charge in [-0.3, -0.25) is 48.7 Å². The first-order valence-electron chi connectivity index (χ1n) is 44.6. The van der Waals surface area contributed by atoms with Crippen molar-refractivity contribution in [2.24, 2.45) is 5.73 Å². The predicted molar refractivity (Wildman–Crippen MR) is 459 cm³/mol. The monoisotopic (exact) mass is 1570 g/mol. The first-order chi connectivity index (χ1) is 57.0. The summed E-state index contributed by atoms with van der Waals surface area (Å²) in [7, 11) is 5.34. The van der Waals surface area contributed by atoms with Gasteiger partial charge in [0.1, 0.15) is 44.6 Å². The summed E-state index contributed by atoms with van der Waals surface area (Å²) in [5.41, 5.74) is 10.6. The van der Waals surface area contributed by atoms with Crippen molar-refractivity contribution >= 4 is 40.5 Å². The number of hydrogen-bond acceptors (Lipinski definition) is 15. The zero-order chi connectivity index (χ0) is 84.1. The number of carbonyl (C=O) groups is 7. The lowest BCUT2D eigenvalue weighted by atomic mass is 9.74. The second-order valence-electron chi connectivity index (χ2n) is 32.9. The van der Waals surface area contributed by atoms with Crippen LogP contribution in [-0.2, 0) is 77.1 Å². The Hall–Kier alpha value is -8.16. The maximum absolute atomic E-state index is 13.2. The molecule has 15 nitrogen and oxygen atoms in total. The molecule has 7 aromatic rings. The number of nitrogens with two attached hydrogens (primary N) is 1. The van der Waals surface area contributed by atoms with Gasteiger partial charge in [0.05, 0.1) is 6.61 Å². The lowest BCUT2D eigenvalue weighted by Gasteiger charge is -2.43. The number of benzene rings is 7. The Balaban J connectivity index is 0.000000145. The van der Waals surface area contributed by atoms with Crippen LogP contribution in [0.15, 0.2) is 200 Å². The molecule has 2 aliphatic heterocycles. The normalized spacial score (nSPS) is 27.6. The third-order valence-corrected chi connectivity index (χ3v) is 26.0. The van der Waals surface area contributed by atoms with Crippen molar-refractivity contribution < 1.29 is 46.8 Å². The Morgan fingerprint density at radius 3 is 1.04 bits per heavy atom. The molecule has 16 heteroatoms. The molecule has 0 aromatic heterocycles. The maximum Gasteiger partial charge on any atom is 0.157 e. The summed E-state index contributed by atoms with van der Waals surface area (Å²) in [5, 5.41) is 12.4. The van der Waals surface area contributed by atoms with E-state index in [-0.39, 0.29) is 34.2 Å². The lowest BCUT2D eigenvalue weighted by molar-refractivity contribution is -0.135. The van der Waals surface area contributed by atoms with E-state index in [0.29, 0.717) is 74.8 Å². The van der Waals surface area contributed by atoms with Gasteiger partial charge in [-0.25, -0.2) is 4.39 Å². The first kappa shape index (κ1) is 84.7. The molecule has 7 atom stereocenters. The molecule has 2 saturated heterocycles. The Labute approximate surface area is 689 Å². The van der Waals surface area contributed by atoms with Gasteiger partial charge in [-0.15, -0.1) is 0 Å². The van der Waals surface area contributed by atoms with Crippen molar-refractivity contribution in [1.29, 1.82) is 0 Å². The SMILES string of the molecule is CN[C@]1(c2ccc(C)cc2)CCCCC1=O.CN[C@]1(c2cccc(F)c2)CCCCC1=O.COCCN[C@]1(c2ccccc2)CCCCC1=O.N[C@]1(c2ccccc2)CCCCC1=O.O=C1CCCC[C@@]1(c1ccccc1)N1CCCC1.O=C1CCCC[C@]1(c1ccccc1)N1CCCC1.[2H]C([2H])([2H])N[C@@]1(c2ccccc2)CCCCC1=O. The van der Waals surface area contributed by atoms with Crippen molar-refractivity contribution in [3.8, 4) is 0 Å². The molecule has 7 aliphatic carbocycles. The molecule has 0 unspecified atom stereocenters. The number of ketones is 7. The molecule has 2 heterocycles. The number of nitrogens with zero attached hydrogens (tertiary/aromatic N) is 2. The molecule has 6 N–H and O–H groups in total. The molecule has 0 radical (unpaired) electrons. The van der Waals surface area contributed by atoms with Gasteiger partial charge in [0.15, 0.2) is 40.5 Å². The molecular formula is C99H130FN7O8. The predicted octanol–water partition coefficient (Wildman–Crippen LogP) is 17.7. The zero-order valence-corrected chi connectivity index (χ0v) is 69.0. The van der Waals surface area contributed by atoms with Gasteiger partial charge >= 0.3 is 0 Å². The van der Waals surface area contributed by atoms with Gasteiger partial charge in [-0.05, 0) is 221 Å². The Morgan fingerprint density at radius 2 is 0.678 bits per heavy atom. The molecule has 7 aromatic carbocycles. The topological polar surface area (TPSA) is 209 Å². The highest BCUT2D eigenvalue weighted by molar-refractivity contribution is 5.94. The number of likely N-dealkylation sites (tertiary alicyclic amines) is 2. The molecule has 9 aliphatic rings. The van der Waals surface area contributed by atoms with Crippen molar-refractivity contribution in [1.82, 2.24) is 31.1 Å². The summed E-state index contributed by atoms with van der Waals surface area (Å²) in [6.45, 7) is 5.42. The zero-order valence-electron chi connectivity index (χ0n) is 72.0. The van der Waals surface area contributed by atoms with E-state index in [0.717, 1.165) is 182 Å². The van der Waals surface area contributed by atoms with Crippen LogP contribution in [0, 0.1) is 12.7 Å². The van der Waals surface area contributed by atoms with Crippen LogP contribution in [0.5, 0.6) is 0 Å². The summed E-state index contributed by atoms with van der Waals surface area (Å²) in [4.78, 5) is 90.9. The Kier molecular flexibility index (Phi) is 31.9.